The van der Waals surface area contributed by atoms with E-state index in [-0.39, 0.29) is 0 Å². The molecule has 2 fully saturated rings. The lowest BCUT2D eigenvalue weighted by molar-refractivity contribution is -0.0373. The van der Waals surface area contributed by atoms with Gasteiger partial charge >= 0.3 is 0 Å². The zero-order valence-corrected chi connectivity index (χ0v) is 12.6. The van der Waals surface area contributed by atoms with Gasteiger partial charge < -0.3 is 9.64 Å². The molecule has 1 aromatic heterocycles. The molecule has 1 unspecified atom stereocenters. The molecular formula is C16H25N3O. The fraction of sp³-hybridized carbons (Fsp3) is 0.688. The van der Waals surface area contributed by atoms with Crippen molar-refractivity contribution in [2.45, 2.75) is 38.8 Å². The van der Waals surface area contributed by atoms with Crippen LogP contribution in [0.2, 0.25) is 0 Å². The van der Waals surface area contributed by atoms with Crippen LogP contribution in [0, 0.1) is 6.92 Å². The summed E-state index contributed by atoms with van der Waals surface area (Å²) in [5.41, 5.74) is 1.29. The van der Waals surface area contributed by atoms with Gasteiger partial charge in [-0.15, -0.1) is 0 Å². The third kappa shape index (κ3) is 3.13. The summed E-state index contributed by atoms with van der Waals surface area (Å²) in [6.07, 6.45) is 4.78. The number of nitrogens with zero attached hydrogens (tertiary/aromatic N) is 3. The van der Waals surface area contributed by atoms with Crippen molar-refractivity contribution < 1.29 is 4.74 Å². The molecule has 0 aromatic carbocycles. The third-order valence-corrected chi connectivity index (χ3v) is 4.48. The van der Waals surface area contributed by atoms with Crippen LogP contribution in [-0.4, -0.2) is 54.8 Å². The third-order valence-electron chi connectivity index (χ3n) is 4.48. The molecule has 110 valence electrons. The summed E-state index contributed by atoms with van der Waals surface area (Å²) >= 11 is 0. The van der Waals surface area contributed by atoms with Gasteiger partial charge in [0.15, 0.2) is 0 Å². The summed E-state index contributed by atoms with van der Waals surface area (Å²) in [5, 5.41) is 0. The Morgan fingerprint density at radius 1 is 1.25 bits per heavy atom. The van der Waals surface area contributed by atoms with E-state index in [2.05, 4.69) is 40.8 Å². The maximum atomic E-state index is 5.64. The molecule has 2 saturated heterocycles. The summed E-state index contributed by atoms with van der Waals surface area (Å²) in [6, 6.07) is 4.98. The van der Waals surface area contributed by atoms with E-state index in [0.29, 0.717) is 6.10 Å². The molecule has 0 N–H and O–H groups in total. The minimum atomic E-state index is 0.389. The Morgan fingerprint density at radius 3 is 2.75 bits per heavy atom. The molecule has 0 saturated carbocycles. The number of anilines is 1. The molecule has 0 aliphatic carbocycles. The highest BCUT2D eigenvalue weighted by Gasteiger charge is 2.28. The van der Waals surface area contributed by atoms with Crippen LogP contribution in [0.1, 0.15) is 25.3 Å². The van der Waals surface area contributed by atoms with Gasteiger partial charge in [0.1, 0.15) is 5.82 Å². The monoisotopic (exact) mass is 275 g/mol. The first-order chi connectivity index (χ1) is 9.72. The fourth-order valence-corrected chi connectivity index (χ4v) is 3.33. The van der Waals surface area contributed by atoms with Crippen LogP contribution in [0.25, 0.3) is 0 Å². The van der Waals surface area contributed by atoms with Gasteiger partial charge in [-0.3, -0.25) is 4.90 Å². The highest BCUT2D eigenvalue weighted by Crippen LogP contribution is 2.23. The number of pyridine rings is 1. The number of morpholine rings is 1. The summed E-state index contributed by atoms with van der Waals surface area (Å²) in [4.78, 5) is 9.55. The van der Waals surface area contributed by atoms with Gasteiger partial charge in [0.25, 0.3) is 0 Å². The van der Waals surface area contributed by atoms with Gasteiger partial charge in [-0.1, -0.05) is 0 Å². The number of hydrogen-bond acceptors (Lipinski definition) is 4. The molecule has 3 rings (SSSR count). The zero-order chi connectivity index (χ0) is 13.9. The molecular weight excluding hydrogens is 250 g/mol. The van der Waals surface area contributed by atoms with Gasteiger partial charge in [-0.25, -0.2) is 4.98 Å². The van der Waals surface area contributed by atoms with Crippen LogP contribution >= 0.6 is 0 Å². The molecule has 2 aliphatic heterocycles. The van der Waals surface area contributed by atoms with Crippen molar-refractivity contribution in [1.29, 1.82) is 0 Å². The number of piperidine rings is 1. The molecule has 0 radical (unpaired) electrons. The number of ether oxygens (including phenoxy) is 1. The molecule has 0 bridgehead atoms. The normalized spacial score (nSPS) is 25.9. The van der Waals surface area contributed by atoms with Gasteiger partial charge in [0.05, 0.1) is 12.7 Å². The number of aryl methyl sites for hydroxylation is 1. The van der Waals surface area contributed by atoms with Crippen LogP contribution in [0.15, 0.2) is 18.3 Å². The van der Waals surface area contributed by atoms with Crippen molar-refractivity contribution in [1.82, 2.24) is 9.88 Å². The second kappa shape index (κ2) is 6.10. The second-order valence-corrected chi connectivity index (χ2v) is 6.09. The van der Waals surface area contributed by atoms with Crippen molar-refractivity contribution in [3.8, 4) is 0 Å². The Labute approximate surface area is 121 Å². The Bertz CT molecular complexity index is 443. The number of hydrogen-bond donors (Lipinski definition) is 0. The maximum absolute atomic E-state index is 5.64. The first-order valence-corrected chi connectivity index (χ1v) is 7.75. The fourth-order valence-electron chi connectivity index (χ4n) is 3.33. The topological polar surface area (TPSA) is 28.6 Å². The van der Waals surface area contributed by atoms with E-state index in [4.69, 9.17) is 4.74 Å². The summed E-state index contributed by atoms with van der Waals surface area (Å²) in [5.74, 6) is 1.14. The van der Waals surface area contributed by atoms with Gasteiger partial charge in [0, 0.05) is 38.4 Å². The van der Waals surface area contributed by atoms with Crippen LogP contribution < -0.4 is 4.90 Å². The van der Waals surface area contributed by atoms with Crippen molar-refractivity contribution in [3.05, 3.63) is 23.9 Å². The molecule has 3 heterocycles. The van der Waals surface area contributed by atoms with Crippen molar-refractivity contribution in [2.24, 2.45) is 0 Å². The summed E-state index contributed by atoms with van der Waals surface area (Å²) in [6.45, 7) is 9.62. The first kappa shape index (κ1) is 13.8. The average molecular weight is 275 g/mol. The first-order valence-electron chi connectivity index (χ1n) is 7.75. The van der Waals surface area contributed by atoms with Crippen LogP contribution in [-0.2, 0) is 4.74 Å². The van der Waals surface area contributed by atoms with E-state index in [9.17, 15) is 0 Å². The zero-order valence-electron chi connectivity index (χ0n) is 12.6. The molecule has 2 aliphatic rings. The summed E-state index contributed by atoms with van der Waals surface area (Å²) in [7, 11) is 0. The molecule has 0 amide bonds. The highest BCUT2D eigenvalue weighted by atomic mass is 16.5. The average Bonchev–Trinajstić information content (AvgIpc) is 2.47. The molecule has 1 atom stereocenters. The second-order valence-electron chi connectivity index (χ2n) is 6.09. The van der Waals surface area contributed by atoms with Gasteiger partial charge in [-0.2, -0.15) is 0 Å². The standard InChI is InChI=1S/C16H25N3O/c1-13-3-6-17-16(11-13)18-7-4-15(5-8-18)19-9-10-20-14(2)12-19/h3,6,11,14-15H,4-5,7-10,12H2,1-2H3. The van der Waals surface area contributed by atoms with E-state index in [1.807, 2.05) is 6.20 Å². The van der Waals surface area contributed by atoms with Gasteiger partial charge in [0.2, 0.25) is 0 Å². The summed E-state index contributed by atoms with van der Waals surface area (Å²) < 4.78 is 5.64. The molecule has 4 heteroatoms. The quantitative estimate of drug-likeness (QED) is 0.826. The van der Waals surface area contributed by atoms with Crippen LogP contribution in [0.4, 0.5) is 5.82 Å². The van der Waals surface area contributed by atoms with E-state index in [1.165, 1.54) is 18.4 Å². The van der Waals surface area contributed by atoms with Crippen LogP contribution in [0.5, 0.6) is 0 Å². The van der Waals surface area contributed by atoms with E-state index < -0.39 is 0 Å². The van der Waals surface area contributed by atoms with Crippen molar-refractivity contribution >= 4 is 5.82 Å². The van der Waals surface area contributed by atoms with E-state index in [0.717, 1.165) is 44.6 Å². The van der Waals surface area contributed by atoms with Crippen molar-refractivity contribution in [2.75, 3.05) is 37.7 Å². The molecule has 1 aromatic rings. The molecule has 0 spiro atoms. The largest absolute Gasteiger partial charge is 0.376 e. The Kier molecular flexibility index (Phi) is 4.22. The van der Waals surface area contributed by atoms with Crippen LogP contribution in [0.3, 0.4) is 0 Å². The maximum Gasteiger partial charge on any atom is 0.128 e. The lowest BCUT2D eigenvalue weighted by Gasteiger charge is -2.42. The Morgan fingerprint density at radius 2 is 2.05 bits per heavy atom. The predicted octanol–water partition coefficient (Wildman–Crippen LogP) is 2.08. The lowest BCUT2D eigenvalue weighted by Crippen LogP contribution is -2.51. The Balaban J connectivity index is 1.56. The van der Waals surface area contributed by atoms with E-state index >= 15 is 0 Å². The minimum Gasteiger partial charge on any atom is -0.376 e. The smallest absolute Gasteiger partial charge is 0.128 e. The molecule has 4 nitrogen and oxygen atoms in total. The predicted molar refractivity (Wildman–Crippen MR) is 81.2 cm³/mol. The van der Waals surface area contributed by atoms with Crippen molar-refractivity contribution in [3.63, 3.8) is 0 Å². The lowest BCUT2D eigenvalue weighted by atomic mass is 10.0. The number of rotatable bonds is 2. The van der Waals surface area contributed by atoms with Gasteiger partial charge in [-0.05, 0) is 44.4 Å². The van der Waals surface area contributed by atoms with E-state index in [1.54, 1.807) is 0 Å². The highest BCUT2D eigenvalue weighted by molar-refractivity contribution is 5.41. The molecule has 20 heavy (non-hydrogen) atoms. The Hall–Kier alpha value is -1.13. The minimum absolute atomic E-state index is 0.389. The SMILES string of the molecule is Cc1ccnc(N2CCC(N3CCOC(C)C3)CC2)c1. The number of aromatic nitrogens is 1.